The SMILES string of the molecule is O=c1cccnn1CC1CN(Cc2cnc(C3CCC3)nc2)C1. The summed E-state index contributed by atoms with van der Waals surface area (Å²) in [4.78, 5) is 23.1. The van der Waals surface area contributed by atoms with Crippen molar-refractivity contribution in [2.24, 2.45) is 5.92 Å². The summed E-state index contributed by atoms with van der Waals surface area (Å²) in [6.45, 7) is 3.58. The highest BCUT2D eigenvalue weighted by molar-refractivity contribution is 5.09. The van der Waals surface area contributed by atoms with Crippen molar-refractivity contribution < 1.29 is 0 Å². The zero-order chi connectivity index (χ0) is 15.6. The van der Waals surface area contributed by atoms with Crippen molar-refractivity contribution in [1.82, 2.24) is 24.6 Å². The fourth-order valence-corrected chi connectivity index (χ4v) is 3.27. The van der Waals surface area contributed by atoms with Crippen LogP contribution in [0.1, 0.15) is 36.6 Å². The van der Waals surface area contributed by atoms with Gasteiger partial charge in [0.05, 0.1) is 6.54 Å². The first kappa shape index (κ1) is 14.5. The smallest absolute Gasteiger partial charge is 0.266 e. The third kappa shape index (κ3) is 3.17. The van der Waals surface area contributed by atoms with E-state index in [1.807, 2.05) is 12.4 Å². The Morgan fingerprint density at radius 3 is 2.61 bits per heavy atom. The van der Waals surface area contributed by atoms with E-state index in [1.165, 1.54) is 24.8 Å². The maximum absolute atomic E-state index is 11.7. The second-order valence-corrected chi connectivity index (χ2v) is 6.68. The molecule has 6 nitrogen and oxygen atoms in total. The lowest BCUT2D eigenvalue weighted by atomic mass is 9.85. The van der Waals surface area contributed by atoms with Gasteiger partial charge in [-0.3, -0.25) is 9.69 Å². The third-order valence-corrected chi connectivity index (χ3v) is 4.85. The molecule has 0 N–H and O–H groups in total. The summed E-state index contributed by atoms with van der Waals surface area (Å²) in [5.41, 5.74) is 1.15. The van der Waals surface area contributed by atoms with Gasteiger partial charge in [-0.2, -0.15) is 5.10 Å². The number of hydrogen-bond acceptors (Lipinski definition) is 5. The van der Waals surface area contributed by atoms with Crippen LogP contribution >= 0.6 is 0 Å². The topological polar surface area (TPSA) is 63.9 Å². The molecule has 1 aliphatic carbocycles. The minimum atomic E-state index is -0.0223. The molecule has 120 valence electrons. The number of aromatic nitrogens is 4. The summed E-state index contributed by atoms with van der Waals surface area (Å²) in [6.07, 6.45) is 9.39. The molecular weight excluding hydrogens is 290 g/mol. The predicted molar refractivity (Wildman–Crippen MR) is 85.9 cm³/mol. The maximum Gasteiger partial charge on any atom is 0.266 e. The largest absolute Gasteiger partial charge is 0.298 e. The van der Waals surface area contributed by atoms with E-state index in [4.69, 9.17) is 0 Å². The molecule has 3 heterocycles. The van der Waals surface area contributed by atoms with Crippen LogP contribution in [0.2, 0.25) is 0 Å². The van der Waals surface area contributed by atoms with Crippen LogP contribution in [0.3, 0.4) is 0 Å². The molecule has 1 aliphatic heterocycles. The van der Waals surface area contributed by atoms with Crippen molar-refractivity contribution in [3.63, 3.8) is 0 Å². The predicted octanol–water partition coefficient (Wildman–Crippen LogP) is 1.43. The maximum atomic E-state index is 11.7. The lowest BCUT2D eigenvalue weighted by molar-refractivity contribution is 0.0764. The van der Waals surface area contributed by atoms with Crippen LogP contribution in [0.4, 0.5) is 0 Å². The number of likely N-dealkylation sites (tertiary alicyclic amines) is 1. The normalized spacial score (nSPS) is 19.3. The molecular formula is C17H21N5O. The van der Waals surface area contributed by atoms with E-state index in [-0.39, 0.29) is 5.56 Å². The molecule has 1 saturated carbocycles. The molecule has 4 rings (SSSR count). The number of hydrogen-bond donors (Lipinski definition) is 0. The molecule has 2 aliphatic rings. The molecule has 0 aromatic carbocycles. The molecule has 1 saturated heterocycles. The Labute approximate surface area is 135 Å². The lowest BCUT2D eigenvalue weighted by Crippen LogP contribution is -2.48. The average molecular weight is 311 g/mol. The molecule has 2 aromatic rings. The van der Waals surface area contributed by atoms with Gasteiger partial charge in [-0.15, -0.1) is 0 Å². The van der Waals surface area contributed by atoms with Crippen LogP contribution in [0.25, 0.3) is 0 Å². The number of rotatable bonds is 5. The zero-order valence-corrected chi connectivity index (χ0v) is 13.1. The van der Waals surface area contributed by atoms with Gasteiger partial charge in [0.2, 0.25) is 0 Å². The van der Waals surface area contributed by atoms with Crippen molar-refractivity contribution in [2.45, 2.75) is 38.3 Å². The van der Waals surface area contributed by atoms with Gasteiger partial charge in [0.1, 0.15) is 5.82 Å². The first-order valence-corrected chi connectivity index (χ1v) is 8.33. The standard InChI is InChI=1S/C17H21N5O/c23-16-5-2-6-20-22(16)12-14-10-21(11-14)9-13-7-18-17(19-8-13)15-3-1-4-15/h2,5-8,14-15H,1,3-4,9-12H2. The van der Waals surface area contributed by atoms with Gasteiger partial charge in [-0.1, -0.05) is 6.42 Å². The molecule has 0 spiro atoms. The highest BCUT2D eigenvalue weighted by Gasteiger charge is 2.28. The van der Waals surface area contributed by atoms with E-state index in [1.54, 1.807) is 23.0 Å². The lowest BCUT2D eigenvalue weighted by Gasteiger charge is -2.39. The summed E-state index contributed by atoms with van der Waals surface area (Å²) in [5.74, 6) is 2.10. The van der Waals surface area contributed by atoms with Gasteiger partial charge >= 0.3 is 0 Å². The Morgan fingerprint density at radius 1 is 1.17 bits per heavy atom. The molecule has 0 amide bonds. The Balaban J connectivity index is 1.27. The van der Waals surface area contributed by atoms with E-state index in [2.05, 4.69) is 20.0 Å². The first-order chi connectivity index (χ1) is 11.3. The van der Waals surface area contributed by atoms with E-state index in [9.17, 15) is 4.79 Å². The summed E-state index contributed by atoms with van der Waals surface area (Å²) < 4.78 is 1.55. The monoisotopic (exact) mass is 311 g/mol. The summed E-state index contributed by atoms with van der Waals surface area (Å²) in [5, 5.41) is 4.11. The Morgan fingerprint density at radius 2 is 1.96 bits per heavy atom. The average Bonchev–Trinajstić information content (AvgIpc) is 2.47. The Bertz CT molecular complexity index is 716. The highest BCUT2D eigenvalue weighted by atomic mass is 16.1. The molecule has 0 bridgehead atoms. The van der Waals surface area contributed by atoms with Crippen LogP contribution in [0, 0.1) is 5.92 Å². The minimum Gasteiger partial charge on any atom is -0.298 e. The second kappa shape index (κ2) is 6.20. The van der Waals surface area contributed by atoms with Gasteiger partial charge in [0.15, 0.2) is 0 Å². The fourth-order valence-electron chi connectivity index (χ4n) is 3.27. The Kier molecular flexibility index (Phi) is 3.91. The van der Waals surface area contributed by atoms with Crippen LogP contribution in [0.15, 0.2) is 35.5 Å². The van der Waals surface area contributed by atoms with Crippen molar-refractivity contribution >= 4 is 0 Å². The molecule has 2 fully saturated rings. The first-order valence-electron chi connectivity index (χ1n) is 8.33. The van der Waals surface area contributed by atoms with Crippen LogP contribution in [-0.4, -0.2) is 37.7 Å². The van der Waals surface area contributed by atoms with Crippen molar-refractivity contribution in [1.29, 1.82) is 0 Å². The van der Waals surface area contributed by atoms with E-state index in [0.717, 1.165) is 25.5 Å². The summed E-state index contributed by atoms with van der Waals surface area (Å²) in [6, 6.07) is 3.24. The quantitative estimate of drug-likeness (QED) is 0.836. The molecule has 23 heavy (non-hydrogen) atoms. The second-order valence-electron chi connectivity index (χ2n) is 6.68. The van der Waals surface area contributed by atoms with E-state index < -0.39 is 0 Å². The minimum absolute atomic E-state index is 0.0223. The Hall–Kier alpha value is -2.08. The molecule has 2 aromatic heterocycles. The van der Waals surface area contributed by atoms with Crippen LogP contribution < -0.4 is 5.56 Å². The zero-order valence-electron chi connectivity index (χ0n) is 13.1. The molecule has 0 atom stereocenters. The summed E-state index contributed by atoms with van der Waals surface area (Å²) in [7, 11) is 0. The van der Waals surface area contributed by atoms with Gasteiger partial charge < -0.3 is 0 Å². The van der Waals surface area contributed by atoms with Crippen molar-refractivity contribution in [3.05, 3.63) is 52.5 Å². The third-order valence-electron chi connectivity index (χ3n) is 4.85. The van der Waals surface area contributed by atoms with Crippen molar-refractivity contribution in [3.8, 4) is 0 Å². The molecule has 0 radical (unpaired) electrons. The number of nitrogens with zero attached hydrogens (tertiary/aromatic N) is 5. The van der Waals surface area contributed by atoms with Crippen LogP contribution in [-0.2, 0) is 13.1 Å². The molecule has 6 heteroatoms. The van der Waals surface area contributed by atoms with Gasteiger partial charge in [0.25, 0.3) is 5.56 Å². The van der Waals surface area contributed by atoms with Gasteiger partial charge in [-0.05, 0) is 18.9 Å². The van der Waals surface area contributed by atoms with E-state index in [0.29, 0.717) is 18.4 Å². The van der Waals surface area contributed by atoms with Crippen LogP contribution in [0.5, 0.6) is 0 Å². The van der Waals surface area contributed by atoms with E-state index >= 15 is 0 Å². The van der Waals surface area contributed by atoms with Gasteiger partial charge in [-0.25, -0.2) is 14.6 Å². The molecule has 0 unspecified atom stereocenters. The summed E-state index contributed by atoms with van der Waals surface area (Å²) >= 11 is 0. The highest BCUT2D eigenvalue weighted by Crippen LogP contribution is 2.34. The van der Waals surface area contributed by atoms with Crippen molar-refractivity contribution in [2.75, 3.05) is 13.1 Å². The fraction of sp³-hybridized carbons (Fsp3) is 0.529. The van der Waals surface area contributed by atoms with Gasteiger partial charge in [0, 0.05) is 61.7 Å².